The molecule has 2 aromatic rings. The van der Waals surface area contributed by atoms with Crippen molar-refractivity contribution in [3.05, 3.63) is 71.3 Å². The number of nitrogens with two attached hydrogens (primary N) is 1. The molecule has 106 valence electrons. The molecule has 0 saturated carbocycles. The average Bonchev–Trinajstić information content (AvgIpc) is 2.53. The van der Waals surface area contributed by atoms with E-state index >= 15 is 0 Å². The van der Waals surface area contributed by atoms with E-state index in [0.29, 0.717) is 6.54 Å². The molecule has 0 radical (unpaired) electrons. The molecule has 0 fully saturated rings. The molecule has 1 amide bonds. The third kappa shape index (κ3) is 3.14. The zero-order valence-corrected chi connectivity index (χ0v) is 11.8. The summed E-state index contributed by atoms with van der Waals surface area (Å²) in [7, 11) is 0. The highest BCUT2D eigenvalue weighted by Crippen LogP contribution is 2.18. The van der Waals surface area contributed by atoms with Gasteiger partial charge in [-0.25, -0.2) is 0 Å². The Labute approximate surface area is 124 Å². The molecule has 1 aliphatic heterocycles. The molecule has 1 aliphatic rings. The predicted molar refractivity (Wildman–Crippen MR) is 85.5 cm³/mol. The van der Waals surface area contributed by atoms with Crippen LogP contribution < -0.4 is 5.73 Å². The van der Waals surface area contributed by atoms with Gasteiger partial charge >= 0.3 is 0 Å². The fraction of sp³-hybridized carbons (Fsp3) is 0.167. The second-order valence-electron chi connectivity index (χ2n) is 5.28. The van der Waals surface area contributed by atoms with Crippen LogP contribution in [0.3, 0.4) is 0 Å². The normalized spacial score (nSPS) is 14.2. The maximum atomic E-state index is 12.3. The maximum absolute atomic E-state index is 12.3. The number of anilines is 1. The Morgan fingerprint density at radius 2 is 1.76 bits per heavy atom. The van der Waals surface area contributed by atoms with Crippen molar-refractivity contribution in [2.75, 3.05) is 12.3 Å². The Kier molecular flexibility index (Phi) is 3.73. The lowest BCUT2D eigenvalue weighted by Gasteiger charge is -2.27. The fourth-order valence-corrected chi connectivity index (χ4v) is 2.56. The minimum absolute atomic E-state index is 0.0568. The summed E-state index contributed by atoms with van der Waals surface area (Å²) < 4.78 is 0. The van der Waals surface area contributed by atoms with Crippen molar-refractivity contribution in [2.45, 2.75) is 13.0 Å². The van der Waals surface area contributed by atoms with Crippen molar-refractivity contribution in [3.63, 3.8) is 0 Å². The van der Waals surface area contributed by atoms with Gasteiger partial charge in [-0.1, -0.05) is 36.4 Å². The number of hydrogen-bond acceptors (Lipinski definition) is 2. The number of nitrogen functional groups attached to an aromatic ring is 1. The number of carbonyl (C=O) groups is 1. The molecule has 0 aliphatic carbocycles. The number of carbonyl (C=O) groups excluding carboxylic acids is 1. The first kappa shape index (κ1) is 13.4. The van der Waals surface area contributed by atoms with E-state index in [4.69, 9.17) is 5.73 Å². The van der Waals surface area contributed by atoms with Crippen molar-refractivity contribution in [3.8, 4) is 0 Å². The van der Waals surface area contributed by atoms with Crippen LogP contribution >= 0.6 is 0 Å². The van der Waals surface area contributed by atoms with Crippen LogP contribution in [0.2, 0.25) is 0 Å². The zero-order valence-electron chi connectivity index (χ0n) is 11.8. The van der Waals surface area contributed by atoms with Gasteiger partial charge in [0, 0.05) is 24.9 Å². The summed E-state index contributed by atoms with van der Waals surface area (Å²) in [5.41, 5.74) is 9.95. The average molecular weight is 278 g/mol. The molecule has 0 bridgehead atoms. The second kappa shape index (κ2) is 5.83. The lowest BCUT2D eigenvalue weighted by atomic mass is 10.00. The van der Waals surface area contributed by atoms with Crippen molar-refractivity contribution >= 4 is 17.7 Å². The molecular formula is C18H18N2O. The summed E-state index contributed by atoms with van der Waals surface area (Å²) in [4.78, 5) is 14.1. The summed E-state index contributed by atoms with van der Waals surface area (Å²) in [6, 6.07) is 15.8. The van der Waals surface area contributed by atoms with Crippen LogP contribution in [0.5, 0.6) is 0 Å². The first-order chi connectivity index (χ1) is 10.2. The van der Waals surface area contributed by atoms with Gasteiger partial charge in [-0.15, -0.1) is 0 Å². The molecule has 3 nitrogen and oxygen atoms in total. The molecule has 0 atom stereocenters. The van der Waals surface area contributed by atoms with Gasteiger partial charge in [0.25, 0.3) is 0 Å². The summed E-state index contributed by atoms with van der Waals surface area (Å²) in [5, 5.41) is 0. The zero-order chi connectivity index (χ0) is 14.7. The van der Waals surface area contributed by atoms with E-state index in [1.165, 1.54) is 11.1 Å². The molecule has 21 heavy (non-hydrogen) atoms. The molecule has 3 heteroatoms. The number of fused-ring (bicyclic) bond motifs is 1. The number of amides is 1. The highest BCUT2D eigenvalue weighted by atomic mass is 16.2. The van der Waals surface area contributed by atoms with E-state index in [9.17, 15) is 4.79 Å². The second-order valence-corrected chi connectivity index (χ2v) is 5.28. The van der Waals surface area contributed by atoms with Gasteiger partial charge in [0.05, 0.1) is 0 Å². The minimum Gasteiger partial charge on any atom is -0.399 e. The van der Waals surface area contributed by atoms with Gasteiger partial charge in [0.15, 0.2) is 0 Å². The first-order valence-corrected chi connectivity index (χ1v) is 7.12. The lowest BCUT2D eigenvalue weighted by Crippen LogP contribution is -2.34. The van der Waals surface area contributed by atoms with Crippen LogP contribution in [0.15, 0.2) is 54.6 Å². The summed E-state index contributed by atoms with van der Waals surface area (Å²) >= 11 is 0. The van der Waals surface area contributed by atoms with Crippen LogP contribution in [0.1, 0.15) is 16.7 Å². The molecule has 3 rings (SSSR count). The SMILES string of the molecule is Nc1ccc(/C=C/C(=O)N2CCc3ccccc3C2)cc1. The van der Waals surface area contributed by atoms with Crippen LogP contribution in [-0.2, 0) is 17.8 Å². The standard InChI is InChI=1S/C18H18N2O/c19-17-8-5-14(6-9-17)7-10-18(21)20-12-11-15-3-1-2-4-16(15)13-20/h1-10H,11-13,19H2/b10-7+. The van der Waals surface area contributed by atoms with Crippen molar-refractivity contribution < 1.29 is 4.79 Å². The molecule has 0 spiro atoms. The number of benzene rings is 2. The van der Waals surface area contributed by atoms with Crippen LogP contribution in [0.25, 0.3) is 6.08 Å². The van der Waals surface area contributed by atoms with E-state index in [-0.39, 0.29) is 5.91 Å². The van der Waals surface area contributed by atoms with Crippen LogP contribution in [-0.4, -0.2) is 17.4 Å². The molecule has 1 heterocycles. The van der Waals surface area contributed by atoms with Gasteiger partial charge in [-0.05, 0) is 41.3 Å². The summed E-state index contributed by atoms with van der Waals surface area (Å²) in [5.74, 6) is 0.0568. The predicted octanol–water partition coefficient (Wildman–Crippen LogP) is 2.87. The van der Waals surface area contributed by atoms with Crippen molar-refractivity contribution in [2.24, 2.45) is 0 Å². The Bertz CT molecular complexity index is 674. The Hall–Kier alpha value is -2.55. The fourth-order valence-electron chi connectivity index (χ4n) is 2.56. The highest BCUT2D eigenvalue weighted by Gasteiger charge is 2.18. The molecule has 0 aromatic heterocycles. The summed E-state index contributed by atoms with van der Waals surface area (Å²) in [6.45, 7) is 1.48. The van der Waals surface area contributed by atoms with Crippen molar-refractivity contribution in [1.29, 1.82) is 0 Å². The minimum atomic E-state index is 0.0568. The molecule has 2 N–H and O–H groups in total. The third-order valence-corrected chi connectivity index (χ3v) is 3.80. The molecule has 0 saturated heterocycles. The number of nitrogens with zero attached hydrogens (tertiary/aromatic N) is 1. The van der Waals surface area contributed by atoms with Gasteiger partial charge in [-0.2, -0.15) is 0 Å². The Morgan fingerprint density at radius 3 is 2.52 bits per heavy atom. The third-order valence-electron chi connectivity index (χ3n) is 3.80. The smallest absolute Gasteiger partial charge is 0.246 e. The van der Waals surface area contributed by atoms with Gasteiger partial charge in [-0.3, -0.25) is 4.79 Å². The number of rotatable bonds is 2. The maximum Gasteiger partial charge on any atom is 0.246 e. The summed E-state index contributed by atoms with van der Waals surface area (Å²) in [6.07, 6.45) is 4.40. The molecule has 2 aromatic carbocycles. The van der Waals surface area contributed by atoms with E-state index in [2.05, 4.69) is 18.2 Å². The topological polar surface area (TPSA) is 46.3 Å². The van der Waals surface area contributed by atoms with Gasteiger partial charge in [0.2, 0.25) is 5.91 Å². The van der Waals surface area contributed by atoms with E-state index in [0.717, 1.165) is 24.2 Å². The van der Waals surface area contributed by atoms with Crippen LogP contribution in [0, 0.1) is 0 Å². The molecule has 0 unspecified atom stereocenters. The van der Waals surface area contributed by atoms with Gasteiger partial charge in [0.1, 0.15) is 0 Å². The molecular weight excluding hydrogens is 260 g/mol. The Morgan fingerprint density at radius 1 is 1.05 bits per heavy atom. The largest absolute Gasteiger partial charge is 0.399 e. The quantitative estimate of drug-likeness (QED) is 0.678. The lowest BCUT2D eigenvalue weighted by molar-refractivity contribution is -0.126. The number of hydrogen-bond donors (Lipinski definition) is 1. The van der Waals surface area contributed by atoms with E-state index < -0.39 is 0 Å². The highest BCUT2D eigenvalue weighted by molar-refractivity contribution is 5.92. The van der Waals surface area contributed by atoms with E-state index in [1.54, 1.807) is 6.08 Å². The first-order valence-electron chi connectivity index (χ1n) is 7.12. The van der Waals surface area contributed by atoms with Crippen LogP contribution in [0.4, 0.5) is 5.69 Å². The van der Waals surface area contributed by atoms with Crippen molar-refractivity contribution in [1.82, 2.24) is 4.90 Å². The Balaban J connectivity index is 1.68. The van der Waals surface area contributed by atoms with Gasteiger partial charge < -0.3 is 10.6 Å². The van der Waals surface area contributed by atoms with E-state index in [1.807, 2.05) is 41.3 Å². The monoisotopic (exact) mass is 278 g/mol.